The molecular weight excluding hydrogens is 244 g/mol. The van der Waals surface area contributed by atoms with Crippen molar-refractivity contribution < 1.29 is 4.42 Å². The second-order valence-corrected chi connectivity index (χ2v) is 5.27. The van der Waals surface area contributed by atoms with Crippen LogP contribution in [0.25, 0.3) is 11.1 Å². The fraction of sp³-hybridized carbons (Fsp3) is 0.286. The number of nitrogens with zero attached hydrogens (tertiary/aromatic N) is 2. The maximum absolute atomic E-state index is 5.31. The van der Waals surface area contributed by atoms with Crippen LogP contribution in [0.5, 0.6) is 0 Å². The van der Waals surface area contributed by atoms with Gasteiger partial charge in [-0.3, -0.25) is 0 Å². The molecule has 3 aromatic rings. The monoisotopic (exact) mass is 260 g/mol. The summed E-state index contributed by atoms with van der Waals surface area (Å²) in [6.45, 7) is 7.92. The van der Waals surface area contributed by atoms with E-state index in [0.717, 1.165) is 27.7 Å². The first kappa shape index (κ1) is 12.8. The molecule has 0 N–H and O–H groups in total. The Hall–Kier alpha value is -1.68. The van der Waals surface area contributed by atoms with Gasteiger partial charge in [0.15, 0.2) is 11.5 Å². The first-order valence-electron chi connectivity index (χ1n) is 5.77. The molecule has 0 aliphatic carbocycles. The van der Waals surface area contributed by atoms with Gasteiger partial charge in [-0.2, -0.15) is 0 Å². The van der Waals surface area contributed by atoms with Gasteiger partial charge in [0.2, 0.25) is 0 Å². The summed E-state index contributed by atoms with van der Waals surface area (Å²) in [5.74, 6) is 0.727. The van der Waals surface area contributed by atoms with Crippen molar-refractivity contribution in [3.8, 4) is 0 Å². The van der Waals surface area contributed by atoms with E-state index in [0.29, 0.717) is 0 Å². The van der Waals surface area contributed by atoms with Crippen molar-refractivity contribution in [3.05, 3.63) is 45.7 Å². The van der Waals surface area contributed by atoms with Crippen molar-refractivity contribution in [2.75, 3.05) is 0 Å². The molecule has 0 saturated carbocycles. The Morgan fingerprint density at radius 2 is 1.83 bits per heavy atom. The van der Waals surface area contributed by atoms with E-state index in [1.807, 2.05) is 45.9 Å². The molecule has 0 saturated heterocycles. The second-order valence-electron chi connectivity index (χ2n) is 4.21. The van der Waals surface area contributed by atoms with Gasteiger partial charge in [-0.15, -0.1) is 11.3 Å². The number of hydrogen-bond donors (Lipinski definition) is 0. The fourth-order valence-electron chi connectivity index (χ4n) is 1.62. The summed E-state index contributed by atoms with van der Waals surface area (Å²) in [5.41, 5.74) is 4.16. The van der Waals surface area contributed by atoms with E-state index < -0.39 is 0 Å². The van der Waals surface area contributed by atoms with E-state index in [4.69, 9.17) is 4.42 Å². The zero-order valence-corrected chi connectivity index (χ0v) is 11.8. The van der Waals surface area contributed by atoms with Crippen molar-refractivity contribution in [2.24, 2.45) is 0 Å². The number of benzene rings is 1. The molecule has 0 bridgehead atoms. The average Bonchev–Trinajstić information content (AvgIpc) is 2.83. The van der Waals surface area contributed by atoms with E-state index in [-0.39, 0.29) is 0 Å². The minimum atomic E-state index is 0.727. The lowest BCUT2D eigenvalue weighted by atomic mass is 10.2. The van der Waals surface area contributed by atoms with Gasteiger partial charge in [0, 0.05) is 18.0 Å². The number of aryl methyl sites for hydroxylation is 4. The molecule has 0 radical (unpaired) electrons. The van der Waals surface area contributed by atoms with Crippen LogP contribution >= 0.6 is 11.3 Å². The minimum absolute atomic E-state index is 0.727. The molecule has 4 heteroatoms. The van der Waals surface area contributed by atoms with Crippen molar-refractivity contribution in [3.63, 3.8) is 0 Å². The predicted octanol–water partition coefficient (Wildman–Crippen LogP) is 4.20. The van der Waals surface area contributed by atoms with E-state index >= 15 is 0 Å². The Kier molecular flexibility index (Phi) is 3.77. The fourth-order valence-corrected chi connectivity index (χ4v) is 2.21. The Morgan fingerprint density at radius 1 is 1.06 bits per heavy atom. The lowest BCUT2D eigenvalue weighted by Gasteiger charge is -1.87. The first-order chi connectivity index (χ1) is 8.54. The van der Waals surface area contributed by atoms with E-state index in [1.165, 1.54) is 5.56 Å². The number of thiazole rings is 1. The molecule has 0 fully saturated rings. The lowest BCUT2D eigenvalue weighted by Crippen LogP contribution is -1.71. The second kappa shape index (κ2) is 5.31. The summed E-state index contributed by atoms with van der Waals surface area (Å²) >= 11 is 1.69. The Morgan fingerprint density at radius 3 is 2.39 bits per heavy atom. The van der Waals surface area contributed by atoms with E-state index in [2.05, 4.69) is 15.3 Å². The molecule has 2 aromatic heterocycles. The molecule has 0 amide bonds. The number of rotatable bonds is 0. The van der Waals surface area contributed by atoms with Crippen LogP contribution in [-0.2, 0) is 0 Å². The highest BCUT2D eigenvalue weighted by molar-refractivity contribution is 7.09. The van der Waals surface area contributed by atoms with Gasteiger partial charge in [-0.1, -0.05) is 6.07 Å². The molecular formula is C14H16N2OS. The third kappa shape index (κ3) is 3.17. The zero-order chi connectivity index (χ0) is 13.1. The quantitative estimate of drug-likeness (QED) is 0.608. The SMILES string of the molecule is Cc1ccc2oc(C)nc2c1.Cc1csc(C)n1. The first-order valence-corrected chi connectivity index (χ1v) is 6.65. The van der Waals surface area contributed by atoms with Gasteiger partial charge >= 0.3 is 0 Å². The van der Waals surface area contributed by atoms with Crippen LogP contribution in [0.2, 0.25) is 0 Å². The molecule has 3 rings (SSSR count). The molecule has 0 aliphatic heterocycles. The van der Waals surface area contributed by atoms with Gasteiger partial charge in [0.25, 0.3) is 0 Å². The largest absolute Gasteiger partial charge is 0.441 e. The van der Waals surface area contributed by atoms with Crippen LogP contribution in [0, 0.1) is 27.7 Å². The topological polar surface area (TPSA) is 38.9 Å². The minimum Gasteiger partial charge on any atom is -0.441 e. The summed E-state index contributed by atoms with van der Waals surface area (Å²) < 4.78 is 5.31. The van der Waals surface area contributed by atoms with Crippen LogP contribution < -0.4 is 0 Å². The van der Waals surface area contributed by atoms with Gasteiger partial charge in [-0.05, 0) is 38.5 Å². The lowest BCUT2D eigenvalue weighted by molar-refractivity contribution is 0.561. The van der Waals surface area contributed by atoms with Crippen molar-refractivity contribution in [1.82, 2.24) is 9.97 Å². The molecule has 3 nitrogen and oxygen atoms in total. The van der Waals surface area contributed by atoms with Gasteiger partial charge in [0.1, 0.15) is 5.52 Å². The number of oxazole rings is 1. The smallest absolute Gasteiger partial charge is 0.192 e. The highest BCUT2D eigenvalue weighted by Gasteiger charge is 1.99. The number of fused-ring (bicyclic) bond motifs is 1. The van der Waals surface area contributed by atoms with Gasteiger partial charge in [-0.25, -0.2) is 9.97 Å². The van der Waals surface area contributed by atoms with Crippen molar-refractivity contribution in [1.29, 1.82) is 0 Å². The molecule has 0 atom stereocenters. The Balaban J connectivity index is 0.000000149. The maximum atomic E-state index is 5.31. The van der Waals surface area contributed by atoms with Crippen molar-refractivity contribution in [2.45, 2.75) is 27.7 Å². The molecule has 0 spiro atoms. The highest BCUT2D eigenvalue weighted by Crippen LogP contribution is 2.15. The summed E-state index contributed by atoms with van der Waals surface area (Å²) in [4.78, 5) is 8.34. The number of hydrogen-bond acceptors (Lipinski definition) is 4. The van der Waals surface area contributed by atoms with Crippen LogP contribution in [0.3, 0.4) is 0 Å². The standard InChI is InChI=1S/C9H9NO.C5H7NS/c1-6-3-4-9-8(5-6)10-7(2)11-9;1-4-3-7-5(2)6-4/h3-5H,1-2H3;3H,1-2H3. The highest BCUT2D eigenvalue weighted by atomic mass is 32.1. The van der Waals surface area contributed by atoms with Crippen LogP contribution in [-0.4, -0.2) is 9.97 Å². The molecule has 18 heavy (non-hydrogen) atoms. The van der Waals surface area contributed by atoms with Crippen LogP contribution in [0.4, 0.5) is 0 Å². The molecule has 94 valence electrons. The maximum Gasteiger partial charge on any atom is 0.192 e. The summed E-state index contributed by atoms with van der Waals surface area (Å²) in [6, 6.07) is 5.99. The molecule has 0 aliphatic rings. The average molecular weight is 260 g/mol. The van der Waals surface area contributed by atoms with Gasteiger partial charge < -0.3 is 4.42 Å². The normalized spacial score (nSPS) is 10.2. The molecule has 2 heterocycles. The predicted molar refractivity (Wildman–Crippen MR) is 75.1 cm³/mol. The van der Waals surface area contributed by atoms with E-state index in [1.54, 1.807) is 11.3 Å². The summed E-state index contributed by atoms with van der Waals surface area (Å²) in [6.07, 6.45) is 0. The van der Waals surface area contributed by atoms with Crippen molar-refractivity contribution >= 4 is 22.4 Å². The zero-order valence-electron chi connectivity index (χ0n) is 11.0. The number of aromatic nitrogens is 2. The molecule has 1 aromatic carbocycles. The summed E-state index contributed by atoms with van der Waals surface area (Å²) in [5, 5.41) is 3.20. The van der Waals surface area contributed by atoms with Gasteiger partial charge in [0.05, 0.1) is 5.01 Å². The molecule has 0 unspecified atom stereocenters. The Bertz CT molecular complexity index is 638. The van der Waals surface area contributed by atoms with Crippen LogP contribution in [0.15, 0.2) is 28.0 Å². The summed E-state index contributed by atoms with van der Waals surface area (Å²) in [7, 11) is 0. The third-order valence-electron chi connectivity index (χ3n) is 2.38. The van der Waals surface area contributed by atoms with E-state index in [9.17, 15) is 0 Å². The van der Waals surface area contributed by atoms with Crippen LogP contribution in [0.1, 0.15) is 22.2 Å². The third-order valence-corrected chi connectivity index (χ3v) is 3.28. The Labute approximate surface area is 111 Å².